The van der Waals surface area contributed by atoms with Crippen LogP contribution in [0.25, 0.3) is 109 Å². The fourth-order valence-electron chi connectivity index (χ4n) is 11.6. The summed E-state index contributed by atoms with van der Waals surface area (Å²) in [5.41, 5.74) is 14.6. The van der Waals surface area contributed by atoms with Gasteiger partial charge < -0.3 is 18.6 Å². The summed E-state index contributed by atoms with van der Waals surface area (Å²) in [5.74, 6) is 0. The smallest absolute Gasteiger partial charge is 0.143 e. The molecule has 0 unspecified atom stereocenters. The van der Waals surface area contributed by atoms with Crippen molar-refractivity contribution < 1.29 is 8.83 Å². The van der Waals surface area contributed by atoms with Gasteiger partial charge in [-0.05, 0) is 176 Å². The molecular formula is C70H44N2O2. The fourth-order valence-corrected chi connectivity index (χ4v) is 11.6. The molecule has 4 heteroatoms. The van der Waals surface area contributed by atoms with Crippen LogP contribution in [0, 0.1) is 0 Å². The van der Waals surface area contributed by atoms with Gasteiger partial charge in [0, 0.05) is 66.4 Å². The first-order valence-electron chi connectivity index (χ1n) is 25.2. The van der Waals surface area contributed by atoms with E-state index < -0.39 is 0 Å². The first kappa shape index (κ1) is 41.8. The molecule has 0 bridgehead atoms. The van der Waals surface area contributed by atoms with Crippen LogP contribution in [0.5, 0.6) is 0 Å². The number of fused-ring (bicyclic) bond motifs is 14. The van der Waals surface area contributed by atoms with Crippen molar-refractivity contribution in [1.82, 2.24) is 0 Å². The molecule has 0 N–H and O–H groups in total. The summed E-state index contributed by atoms with van der Waals surface area (Å²) >= 11 is 0. The van der Waals surface area contributed by atoms with E-state index in [9.17, 15) is 0 Å². The fraction of sp³-hybridized carbons (Fsp3) is 0. The molecule has 0 spiro atoms. The minimum Gasteiger partial charge on any atom is -0.455 e. The first-order chi connectivity index (χ1) is 36.7. The van der Waals surface area contributed by atoms with Gasteiger partial charge in [0.05, 0.1) is 0 Å². The number of anilines is 6. The average Bonchev–Trinajstić information content (AvgIpc) is 4.06. The highest BCUT2D eigenvalue weighted by molar-refractivity contribution is 6.31. The quantitative estimate of drug-likeness (QED) is 0.112. The molecule has 0 saturated heterocycles. The highest BCUT2D eigenvalue weighted by Gasteiger charge is 2.22. The van der Waals surface area contributed by atoms with Crippen LogP contribution in [0.1, 0.15) is 0 Å². The third kappa shape index (κ3) is 6.69. The minimum absolute atomic E-state index is 0.878. The van der Waals surface area contributed by atoms with Crippen molar-refractivity contribution in [3.63, 3.8) is 0 Å². The number of hydrogen-bond acceptors (Lipinski definition) is 4. The van der Waals surface area contributed by atoms with E-state index in [0.29, 0.717) is 0 Å². The Balaban J connectivity index is 0.976. The molecule has 4 nitrogen and oxygen atoms in total. The van der Waals surface area contributed by atoms with Crippen molar-refractivity contribution in [3.05, 3.63) is 267 Å². The van der Waals surface area contributed by atoms with Gasteiger partial charge in [0.15, 0.2) is 0 Å². The zero-order valence-electron chi connectivity index (χ0n) is 40.1. The number of para-hydroxylation sites is 6. The molecule has 15 aromatic rings. The van der Waals surface area contributed by atoms with Gasteiger partial charge in [-0.15, -0.1) is 0 Å². The molecule has 0 aliphatic heterocycles. The zero-order chi connectivity index (χ0) is 48.7. The Morgan fingerprint density at radius 3 is 0.905 bits per heavy atom. The van der Waals surface area contributed by atoms with E-state index in [-0.39, 0.29) is 0 Å². The Morgan fingerprint density at radius 2 is 0.541 bits per heavy atom. The third-order valence-electron chi connectivity index (χ3n) is 15.0. The average molecular weight is 945 g/mol. The van der Waals surface area contributed by atoms with Gasteiger partial charge in [-0.25, -0.2) is 0 Å². The second-order valence-electron chi connectivity index (χ2n) is 19.2. The standard InChI is InChI=1S/C70H44N2O2/c1-5-17-49(18-6-1)71(50-19-7-2-8-20-50)53-33-29-45(30-34-53)61-41-47-43-64-48(44-63(47)67-57(61)37-39-59-55-25-13-15-27-65(55)73-69(59)67)42-62(58-38-40-60-56-26-14-16-28-66(56)74-70(60)68(58)64)46-31-35-54(36-32-46)72(51-21-9-3-10-22-51)52-23-11-4-12-24-52/h1-44H. The molecule has 74 heavy (non-hydrogen) atoms. The largest absolute Gasteiger partial charge is 0.455 e. The Bertz CT molecular complexity index is 4240. The van der Waals surface area contributed by atoms with Gasteiger partial charge in [0.25, 0.3) is 0 Å². The van der Waals surface area contributed by atoms with Crippen LogP contribution < -0.4 is 9.80 Å². The van der Waals surface area contributed by atoms with Crippen molar-refractivity contribution >= 4 is 121 Å². The maximum Gasteiger partial charge on any atom is 0.143 e. The maximum atomic E-state index is 6.95. The van der Waals surface area contributed by atoms with E-state index in [1.54, 1.807) is 0 Å². The number of rotatable bonds is 8. The molecule has 0 saturated carbocycles. The number of nitrogens with zero attached hydrogens (tertiary/aromatic N) is 2. The number of furan rings is 2. The Hall–Kier alpha value is -9.90. The van der Waals surface area contributed by atoms with Crippen molar-refractivity contribution in [2.75, 3.05) is 9.80 Å². The minimum atomic E-state index is 0.878. The second kappa shape index (κ2) is 16.9. The lowest BCUT2D eigenvalue weighted by Gasteiger charge is -2.25. The van der Waals surface area contributed by atoms with Gasteiger partial charge in [0.1, 0.15) is 22.3 Å². The molecule has 346 valence electrons. The van der Waals surface area contributed by atoms with Gasteiger partial charge >= 0.3 is 0 Å². The molecule has 2 heterocycles. The van der Waals surface area contributed by atoms with Gasteiger partial charge in [-0.3, -0.25) is 0 Å². The summed E-state index contributed by atoms with van der Waals surface area (Å²) in [7, 11) is 0. The van der Waals surface area contributed by atoms with Crippen LogP contribution in [-0.2, 0) is 0 Å². The predicted octanol–water partition coefficient (Wildman–Crippen LogP) is 20.4. The summed E-state index contributed by atoms with van der Waals surface area (Å²) in [6, 6.07) is 95.8. The normalized spacial score (nSPS) is 11.8. The van der Waals surface area contributed by atoms with Crippen molar-refractivity contribution in [2.45, 2.75) is 0 Å². The highest BCUT2D eigenvalue weighted by atomic mass is 16.3. The predicted molar refractivity (Wildman–Crippen MR) is 311 cm³/mol. The highest BCUT2D eigenvalue weighted by Crippen LogP contribution is 2.48. The van der Waals surface area contributed by atoms with E-state index in [0.717, 1.165) is 143 Å². The molecule has 2 aromatic heterocycles. The molecule has 0 fully saturated rings. The molecule has 13 aromatic carbocycles. The molecule has 0 aliphatic rings. The Morgan fingerprint density at radius 1 is 0.230 bits per heavy atom. The zero-order valence-corrected chi connectivity index (χ0v) is 40.1. The van der Waals surface area contributed by atoms with Gasteiger partial charge in [0.2, 0.25) is 0 Å². The van der Waals surface area contributed by atoms with Crippen molar-refractivity contribution in [3.8, 4) is 22.3 Å². The number of hydrogen-bond donors (Lipinski definition) is 0. The molecule has 0 atom stereocenters. The Kier molecular flexibility index (Phi) is 9.54. The lowest BCUT2D eigenvalue weighted by molar-refractivity contribution is 0.672. The van der Waals surface area contributed by atoms with Gasteiger partial charge in [-0.2, -0.15) is 0 Å². The summed E-state index contributed by atoms with van der Waals surface area (Å²) in [5, 5.41) is 13.4. The topological polar surface area (TPSA) is 32.8 Å². The Labute approximate surface area is 426 Å². The third-order valence-corrected chi connectivity index (χ3v) is 15.0. The molecule has 15 rings (SSSR count). The monoisotopic (exact) mass is 944 g/mol. The number of benzene rings is 13. The van der Waals surface area contributed by atoms with E-state index >= 15 is 0 Å². The van der Waals surface area contributed by atoms with Crippen LogP contribution >= 0.6 is 0 Å². The molecule has 0 radical (unpaired) electrons. The molecular weight excluding hydrogens is 901 g/mol. The second-order valence-corrected chi connectivity index (χ2v) is 19.2. The lowest BCUT2D eigenvalue weighted by Crippen LogP contribution is -2.09. The van der Waals surface area contributed by atoms with Crippen LogP contribution in [0.2, 0.25) is 0 Å². The first-order valence-corrected chi connectivity index (χ1v) is 25.2. The van der Waals surface area contributed by atoms with Gasteiger partial charge in [-0.1, -0.05) is 146 Å². The van der Waals surface area contributed by atoms with Crippen LogP contribution in [0.15, 0.2) is 276 Å². The lowest BCUT2D eigenvalue weighted by atomic mass is 9.87. The summed E-state index contributed by atoms with van der Waals surface area (Å²) in [4.78, 5) is 4.62. The van der Waals surface area contributed by atoms with Crippen molar-refractivity contribution in [2.24, 2.45) is 0 Å². The van der Waals surface area contributed by atoms with Crippen molar-refractivity contribution in [1.29, 1.82) is 0 Å². The van der Waals surface area contributed by atoms with E-state index in [1.165, 1.54) is 0 Å². The molecule has 0 aliphatic carbocycles. The molecule has 0 amide bonds. The summed E-state index contributed by atoms with van der Waals surface area (Å²) in [6.07, 6.45) is 0. The SMILES string of the molecule is c1ccc(N(c2ccccc2)c2ccc(-c3cc4cc5c(cc(-c6ccc(N(c7ccccc7)c7ccccc7)cc6)c6ccc7c8ccccc8oc7c65)cc4c4c3ccc3c5ccccc5oc34)cc2)cc1. The summed E-state index contributed by atoms with van der Waals surface area (Å²) in [6.45, 7) is 0. The maximum absolute atomic E-state index is 6.95. The van der Waals surface area contributed by atoms with E-state index in [1.807, 2.05) is 0 Å². The summed E-state index contributed by atoms with van der Waals surface area (Å²) < 4.78 is 13.9. The van der Waals surface area contributed by atoms with E-state index in [2.05, 4.69) is 277 Å². The van der Waals surface area contributed by atoms with E-state index in [4.69, 9.17) is 8.83 Å². The van der Waals surface area contributed by atoms with Crippen LogP contribution in [0.3, 0.4) is 0 Å². The van der Waals surface area contributed by atoms with Crippen LogP contribution in [-0.4, -0.2) is 0 Å². The van der Waals surface area contributed by atoms with Crippen LogP contribution in [0.4, 0.5) is 34.1 Å².